The summed E-state index contributed by atoms with van der Waals surface area (Å²) >= 11 is 0. The number of unbranched alkanes of at least 4 members (excludes halogenated alkanes) is 1. The largest absolute Gasteiger partial charge is 0.542 e. The number of fused-ring (bicyclic) bond motifs is 2. The number of ether oxygens (including phenoxy) is 1. The van der Waals surface area contributed by atoms with Crippen LogP contribution < -0.4 is 9.74 Å². The molecule has 0 spiro atoms. The van der Waals surface area contributed by atoms with Gasteiger partial charge in [0.2, 0.25) is 0 Å². The second-order valence-electron chi connectivity index (χ2n) is 11.9. The fourth-order valence-electron chi connectivity index (χ4n) is 4.78. The lowest BCUT2D eigenvalue weighted by atomic mass is 10.0. The van der Waals surface area contributed by atoms with Gasteiger partial charge in [0, 0.05) is 29.0 Å². The number of nitrogens with one attached hydrogen (secondary N) is 1. The number of carbonyl (C=O) groups excluding carboxylic acids is 1. The Kier molecular flexibility index (Phi) is 8.76. The van der Waals surface area contributed by atoms with E-state index in [9.17, 15) is 4.79 Å². The zero-order valence-corrected chi connectivity index (χ0v) is 24.9. The van der Waals surface area contributed by atoms with E-state index in [-0.39, 0.29) is 10.7 Å². The maximum absolute atomic E-state index is 12.5. The Bertz CT molecular complexity index is 1280. The molecule has 4 rings (SSSR count). The highest BCUT2D eigenvalue weighted by molar-refractivity contribution is 6.74. The molecule has 3 aromatic rings. The highest BCUT2D eigenvalue weighted by atomic mass is 28.4. The summed E-state index contributed by atoms with van der Waals surface area (Å²) in [7, 11) is -0.725. The van der Waals surface area contributed by atoms with Crippen molar-refractivity contribution in [3.05, 3.63) is 59.0 Å². The number of rotatable bonds is 9. The van der Waals surface area contributed by atoms with Crippen molar-refractivity contribution in [2.24, 2.45) is 0 Å². The Morgan fingerprint density at radius 2 is 1.76 bits per heavy atom. The molecule has 1 aromatic carbocycles. The van der Waals surface area contributed by atoms with Gasteiger partial charge in [0.25, 0.3) is 8.32 Å². The number of aromatic nitrogens is 2. The minimum Gasteiger partial charge on any atom is -0.542 e. The average Bonchev–Trinajstić information content (AvgIpc) is 3.12. The maximum Gasteiger partial charge on any atom is 0.360 e. The van der Waals surface area contributed by atoms with E-state index in [1.54, 1.807) is 0 Å². The van der Waals surface area contributed by atoms with Crippen LogP contribution in [0.5, 0.6) is 5.75 Å². The molecule has 1 aliphatic carbocycles. The molecule has 0 aliphatic heterocycles. The molecule has 2 aromatic heterocycles. The summed E-state index contributed by atoms with van der Waals surface area (Å²) in [5, 5.41) is 5.00. The quantitative estimate of drug-likeness (QED) is 0.133. The molecule has 0 atom stereocenters. The van der Waals surface area contributed by atoms with Crippen LogP contribution in [0.25, 0.3) is 10.9 Å². The van der Waals surface area contributed by atoms with Gasteiger partial charge >= 0.3 is 5.97 Å². The van der Waals surface area contributed by atoms with E-state index in [4.69, 9.17) is 14.1 Å². The molecule has 1 aliphatic rings. The minimum absolute atomic E-state index is 0.0184. The lowest BCUT2D eigenvalue weighted by molar-refractivity contribution is 0.0591. The van der Waals surface area contributed by atoms with Gasteiger partial charge in [-0.1, -0.05) is 45.4 Å². The van der Waals surface area contributed by atoms with E-state index in [1.807, 2.05) is 12.1 Å². The van der Waals surface area contributed by atoms with E-state index in [0.717, 1.165) is 49.9 Å². The molecule has 0 amide bonds. The fraction of sp³-hybridized carbons (Fsp3) is 0.516. The van der Waals surface area contributed by atoms with Crippen LogP contribution in [0.15, 0.2) is 36.4 Å². The second-order valence-corrected chi connectivity index (χ2v) is 16.6. The molecule has 6 nitrogen and oxygen atoms in total. The molecule has 0 fully saturated rings. The van der Waals surface area contributed by atoms with E-state index in [2.05, 4.69) is 68.4 Å². The molecule has 0 saturated carbocycles. The number of anilines is 1. The lowest BCUT2D eigenvalue weighted by Crippen LogP contribution is -2.44. The van der Waals surface area contributed by atoms with Crippen molar-refractivity contribution >= 4 is 30.9 Å². The first-order chi connectivity index (χ1) is 18.1. The Morgan fingerprint density at radius 3 is 2.53 bits per heavy atom. The van der Waals surface area contributed by atoms with Crippen LogP contribution in [0.2, 0.25) is 18.1 Å². The minimum atomic E-state index is -2.12. The molecule has 0 radical (unpaired) electrons. The Labute approximate surface area is 228 Å². The SMILES string of the molecule is COC(=O)c1nc(CCCCNc2c3c(nc4ccccc24)CCCCC3)ccc1O[Si](C)(C)C(C)(C)C. The van der Waals surface area contributed by atoms with Crippen LogP contribution in [-0.4, -0.2) is 37.9 Å². The van der Waals surface area contributed by atoms with Gasteiger partial charge in [0.1, 0.15) is 5.75 Å². The van der Waals surface area contributed by atoms with Crippen molar-refractivity contribution in [1.82, 2.24) is 9.97 Å². The number of hydrogen-bond donors (Lipinski definition) is 1. The van der Waals surface area contributed by atoms with E-state index in [0.29, 0.717) is 5.75 Å². The van der Waals surface area contributed by atoms with E-state index >= 15 is 0 Å². The van der Waals surface area contributed by atoms with Gasteiger partial charge in [-0.25, -0.2) is 9.78 Å². The molecule has 204 valence electrons. The summed E-state index contributed by atoms with van der Waals surface area (Å²) in [5.74, 6) is 0.0756. The summed E-state index contributed by atoms with van der Waals surface area (Å²) in [6.45, 7) is 11.8. The lowest BCUT2D eigenvalue weighted by Gasteiger charge is -2.36. The van der Waals surface area contributed by atoms with Gasteiger partial charge in [-0.2, -0.15) is 0 Å². The topological polar surface area (TPSA) is 73.3 Å². The third-order valence-corrected chi connectivity index (χ3v) is 12.4. The summed E-state index contributed by atoms with van der Waals surface area (Å²) in [5.41, 5.74) is 6.18. The maximum atomic E-state index is 12.5. The predicted molar refractivity (Wildman–Crippen MR) is 158 cm³/mol. The first kappa shape index (κ1) is 28.1. The van der Waals surface area contributed by atoms with Crippen molar-refractivity contribution in [1.29, 1.82) is 0 Å². The zero-order chi connectivity index (χ0) is 27.3. The van der Waals surface area contributed by atoms with Crippen molar-refractivity contribution in [2.45, 2.75) is 90.3 Å². The number of aryl methyl sites for hydroxylation is 2. The van der Waals surface area contributed by atoms with E-state index in [1.165, 1.54) is 48.7 Å². The van der Waals surface area contributed by atoms with Crippen molar-refractivity contribution in [3.63, 3.8) is 0 Å². The number of nitrogens with zero attached hydrogens (tertiary/aromatic N) is 2. The number of esters is 1. The number of para-hydroxylation sites is 1. The number of benzene rings is 1. The standard InChI is InChI=1S/C31H43N3O3Si/c1-31(2,3)38(5,6)37-27-20-19-22(33-29(27)30(35)36-4)14-12-13-21-32-28-23-15-8-7-9-17-25(23)34-26-18-11-10-16-24(26)28/h10-11,16,18-20H,7-9,12-15,17,21H2,1-6H3,(H,32,34). The third-order valence-electron chi connectivity index (χ3n) is 8.05. The van der Waals surface area contributed by atoms with Gasteiger partial charge < -0.3 is 14.5 Å². The monoisotopic (exact) mass is 533 g/mol. The summed E-state index contributed by atoms with van der Waals surface area (Å²) in [6.07, 6.45) is 8.64. The third kappa shape index (κ3) is 6.37. The second kappa shape index (κ2) is 11.8. The molecular weight excluding hydrogens is 490 g/mol. The number of methoxy groups -OCH3 is 1. The Morgan fingerprint density at radius 1 is 1.00 bits per heavy atom. The zero-order valence-electron chi connectivity index (χ0n) is 23.9. The highest BCUT2D eigenvalue weighted by Crippen LogP contribution is 2.38. The molecule has 2 heterocycles. The van der Waals surface area contributed by atoms with Crippen molar-refractivity contribution < 1.29 is 14.0 Å². The molecule has 1 N–H and O–H groups in total. The summed E-state index contributed by atoms with van der Waals surface area (Å²) in [4.78, 5) is 22.2. The molecule has 0 saturated heterocycles. The first-order valence-corrected chi connectivity index (χ1v) is 16.9. The van der Waals surface area contributed by atoms with Crippen LogP contribution in [-0.2, 0) is 24.0 Å². The number of carbonyl (C=O) groups is 1. The summed E-state index contributed by atoms with van der Waals surface area (Å²) in [6, 6.07) is 12.3. The molecule has 0 unspecified atom stereocenters. The fourth-order valence-corrected chi connectivity index (χ4v) is 5.80. The number of pyridine rings is 2. The molecular formula is C31H43N3O3Si. The van der Waals surface area contributed by atoms with Crippen molar-refractivity contribution in [2.75, 3.05) is 19.0 Å². The van der Waals surface area contributed by atoms with Gasteiger partial charge in [-0.15, -0.1) is 0 Å². The Balaban J connectivity index is 1.42. The van der Waals surface area contributed by atoms with Crippen LogP contribution in [0.1, 0.15) is 80.3 Å². The molecule has 38 heavy (non-hydrogen) atoms. The van der Waals surface area contributed by atoms with Crippen LogP contribution >= 0.6 is 0 Å². The average molecular weight is 534 g/mol. The van der Waals surface area contributed by atoms with Gasteiger partial charge in [-0.05, 0) is 86.8 Å². The van der Waals surface area contributed by atoms with Gasteiger partial charge in [0.05, 0.1) is 12.6 Å². The highest BCUT2D eigenvalue weighted by Gasteiger charge is 2.40. The van der Waals surface area contributed by atoms with Crippen LogP contribution in [0.4, 0.5) is 5.69 Å². The van der Waals surface area contributed by atoms with Gasteiger partial charge in [0.15, 0.2) is 5.69 Å². The normalized spacial score (nSPS) is 14.1. The summed E-state index contributed by atoms with van der Waals surface area (Å²) < 4.78 is 11.4. The van der Waals surface area contributed by atoms with Crippen molar-refractivity contribution in [3.8, 4) is 5.75 Å². The molecule has 0 bridgehead atoms. The van der Waals surface area contributed by atoms with Crippen LogP contribution in [0.3, 0.4) is 0 Å². The molecule has 7 heteroatoms. The first-order valence-electron chi connectivity index (χ1n) is 14.0. The smallest absolute Gasteiger partial charge is 0.360 e. The van der Waals surface area contributed by atoms with Crippen LogP contribution in [0, 0.1) is 0 Å². The van der Waals surface area contributed by atoms with E-state index < -0.39 is 14.3 Å². The van der Waals surface area contributed by atoms with Gasteiger partial charge in [-0.3, -0.25) is 4.98 Å². The predicted octanol–water partition coefficient (Wildman–Crippen LogP) is 7.50. The number of hydrogen-bond acceptors (Lipinski definition) is 6. The Hall–Kier alpha value is -2.93.